The lowest BCUT2D eigenvalue weighted by Crippen LogP contribution is -2.24. The Hall–Kier alpha value is -2.21. The fraction of sp³-hybridized carbons (Fsp3) is 0.214. The Morgan fingerprint density at radius 1 is 1.40 bits per heavy atom. The molecule has 0 saturated heterocycles. The Balaban J connectivity index is 2.66. The minimum atomic E-state index is -0.935. The highest BCUT2D eigenvalue weighted by Crippen LogP contribution is 2.34. The summed E-state index contributed by atoms with van der Waals surface area (Å²) in [6.07, 6.45) is 5.01. The van der Waals surface area contributed by atoms with E-state index >= 15 is 0 Å². The van der Waals surface area contributed by atoms with E-state index in [0.717, 1.165) is 11.2 Å². The van der Waals surface area contributed by atoms with Crippen molar-refractivity contribution in [2.45, 2.75) is 6.92 Å². The molecule has 0 radical (unpaired) electrons. The molecule has 2 aromatic heterocycles. The van der Waals surface area contributed by atoms with E-state index < -0.39 is 5.97 Å². The SMILES string of the molecule is C=CCN(CC=C)c1ncnc2sc(C(=O)O)c(C)c12. The fourth-order valence-electron chi connectivity index (χ4n) is 2.06. The second-order valence-electron chi connectivity index (χ2n) is 4.22. The molecule has 0 amide bonds. The van der Waals surface area contributed by atoms with Gasteiger partial charge in [-0.15, -0.1) is 24.5 Å². The summed E-state index contributed by atoms with van der Waals surface area (Å²) in [7, 11) is 0. The van der Waals surface area contributed by atoms with Gasteiger partial charge in [0.05, 0.1) is 5.39 Å². The van der Waals surface area contributed by atoms with E-state index in [-0.39, 0.29) is 0 Å². The lowest BCUT2D eigenvalue weighted by Gasteiger charge is -2.21. The molecule has 1 N–H and O–H groups in total. The van der Waals surface area contributed by atoms with Gasteiger partial charge in [-0.25, -0.2) is 14.8 Å². The second kappa shape index (κ2) is 5.83. The number of hydrogen-bond acceptors (Lipinski definition) is 5. The largest absolute Gasteiger partial charge is 0.477 e. The highest BCUT2D eigenvalue weighted by atomic mass is 32.1. The number of nitrogens with zero attached hydrogens (tertiary/aromatic N) is 3. The molecule has 2 heterocycles. The Bertz CT molecular complexity index is 668. The normalized spacial score (nSPS) is 10.4. The molecule has 0 aromatic carbocycles. The summed E-state index contributed by atoms with van der Waals surface area (Å²) in [5.74, 6) is -0.216. The first kappa shape index (κ1) is 14.2. The molecule has 20 heavy (non-hydrogen) atoms. The molecule has 0 atom stereocenters. The van der Waals surface area contributed by atoms with Gasteiger partial charge in [-0.3, -0.25) is 0 Å². The van der Waals surface area contributed by atoms with E-state index in [0.29, 0.717) is 28.4 Å². The number of aromatic nitrogens is 2. The molecule has 0 aliphatic carbocycles. The van der Waals surface area contributed by atoms with Gasteiger partial charge >= 0.3 is 5.97 Å². The zero-order valence-electron chi connectivity index (χ0n) is 11.2. The molecule has 0 fully saturated rings. The van der Waals surface area contributed by atoms with Gasteiger partial charge in [-0.05, 0) is 12.5 Å². The van der Waals surface area contributed by atoms with Crippen LogP contribution < -0.4 is 4.90 Å². The zero-order chi connectivity index (χ0) is 14.7. The van der Waals surface area contributed by atoms with Gasteiger partial charge in [-0.1, -0.05) is 12.2 Å². The highest BCUT2D eigenvalue weighted by molar-refractivity contribution is 7.20. The van der Waals surface area contributed by atoms with Crippen molar-refractivity contribution in [2.24, 2.45) is 0 Å². The minimum absolute atomic E-state index is 0.305. The van der Waals surface area contributed by atoms with Crippen LogP contribution in [0.1, 0.15) is 15.2 Å². The summed E-state index contributed by atoms with van der Waals surface area (Å²) in [4.78, 5) is 22.7. The Kier molecular flexibility index (Phi) is 4.14. The number of hydrogen-bond donors (Lipinski definition) is 1. The average molecular weight is 289 g/mol. The minimum Gasteiger partial charge on any atom is -0.477 e. The molecular formula is C14H15N3O2S. The van der Waals surface area contributed by atoms with Crippen molar-refractivity contribution in [3.8, 4) is 0 Å². The van der Waals surface area contributed by atoms with E-state index in [1.807, 2.05) is 4.90 Å². The van der Waals surface area contributed by atoms with Gasteiger partial charge in [0.1, 0.15) is 21.9 Å². The van der Waals surface area contributed by atoms with Gasteiger partial charge in [0, 0.05) is 13.1 Å². The van der Waals surface area contributed by atoms with Gasteiger partial charge < -0.3 is 10.0 Å². The second-order valence-corrected chi connectivity index (χ2v) is 5.22. The molecule has 5 nitrogen and oxygen atoms in total. The topological polar surface area (TPSA) is 66.3 Å². The Morgan fingerprint density at radius 2 is 2.05 bits per heavy atom. The number of aryl methyl sites for hydroxylation is 1. The third kappa shape index (κ3) is 2.42. The van der Waals surface area contributed by atoms with Crippen LogP contribution in [-0.2, 0) is 0 Å². The van der Waals surface area contributed by atoms with Gasteiger partial charge in [0.2, 0.25) is 0 Å². The van der Waals surface area contributed by atoms with Gasteiger partial charge in [0.15, 0.2) is 0 Å². The van der Waals surface area contributed by atoms with Crippen LogP contribution in [0.15, 0.2) is 31.6 Å². The first-order valence-corrected chi connectivity index (χ1v) is 6.86. The molecule has 0 bridgehead atoms. The van der Waals surface area contributed by atoms with Crippen molar-refractivity contribution in [3.63, 3.8) is 0 Å². The first-order valence-electron chi connectivity index (χ1n) is 6.04. The lowest BCUT2D eigenvalue weighted by atomic mass is 10.2. The molecule has 0 aliphatic rings. The average Bonchev–Trinajstić information content (AvgIpc) is 2.76. The van der Waals surface area contributed by atoms with E-state index in [4.69, 9.17) is 0 Å². The van der Waals surface area contributed by atoms with E-state index in [9.17, 15) is 9.90 Å². The number of thiophene rings is 1. The van der Waals surface area contributed by atoms with Crippen molar-refractivity contribution in [2.75, 3.05) is 18.0 Å². The summed E-state index contributed by atoms with van der Waals surface area (Å²) in [5, 5.41) is 10.0. The van der Waals surface area contributed by atoms with E-state index in [1.54, 1.807) is 19.1 Å². The zero-order valence-corrected chi connectivity index (χ0v) is 12.0. The van der Waals surface area contributed by atoms with E-state index in [2.05, 4.69) is 23.1 Å². The van der Waals surface area contributed by atoms with Gasteiger partial charge in [-0.2, -0.15) is 0 Å². The summed E-state index contributed by atoms with van der Waals surface area (Å²) in [6, 6.07) is 0. The molecule has 0 saturated carbocycles. The van der Waals surface area contributed by atoms with Crippen molar-refractivity contribution in [1.82, 2.24) is 9.97 Å². The number of carbonyl (C=O) groups is 1. The molecule has 6 heteroatoms. The van der Waals surface area contributed by atoms with Crippen LogP contribution in [0.4, 0.5) is 5.82 Å². The number of rotatable bonds is 6. The maximum atomic E-state index is 11.2. The van der Waals surface area contributed by atoms with Crippen LogP contribution in [0.5, 0.6) is 0 Å². The van der Waals surface area contributed by atoms with E-state index in [1.165, 1.54) is 17.7 Å². The lowest BCUT2D eigenvalue weighted by molar-refractivity contribution is 0.0701. The number of fused-ring (bicyclic) bond motifs is 1. The summed E-state index contributed by atoms with van der Waals surface area (Å²) in [6.45, 7) is 10.5. The third-order valence-corrected chi connectivity index (χ3v) is 4.09. The quantitative estimate of drug-likeness (QED) is 0.828. The van der Waals surface area contributed by atoms with Crippen molar-refractivity contribution < 1.29 is 9.90 Å². The van der Waals surface area contributed by atoms with Crippen LogP contribution in [0.2, 0.25) is 0 Å². The Labute approximate surface area is 120 Å². The smallest absolute Gasteiger partial charge is 0.346 e. The molecule has 0 aliphatic heterocycles. The number of aromatic carboxylic acids is 1. The van der Waals surface area contributed by atoms with Gasteiger partial charge in [0.25, 0.3) is 0 Å². The molecule has 2 rings (SSSR count). The number of carboxylic acid groups (broad SMARTS) is 1. The van der Waals surface area contributed by atoms with Crippen LogP contribution in [0, 0.1) is 6.92 Å². The van der Waals surface area contributed by atoms with Crippen molar-refractivity contribution in [1.29, 1.82) is 0 Å². The van der Waals surface area contributed by atoms with Crippen LogP contribution in [0.25, 0.3) is 10.2 Å². The predicted molar refractivity (Wildman–Crippen MR) is 81.7 cm³/mol. The summed E-state index contributed by atoms with van der Waals surface area (Å²) >= 11 is 1.17. The monoisotopic (exact) mass is 289 g/mol. The molecular weight excluding hydrogens is 274 g/mol. The van der Waals surface area contributed by atoms with Crippen LogP contribution >= 0.6 is 11.3 Å². The summed E-state index contributed by atoms with van der Waals surface area (Å²) in [5.41, 5.74) is 0.700. The predicted octanol–water partition coefficient (Wildman–Crippen LogP) is 2.88. The maximum Gasteiger partial charge on any atom is 0.346 e. The standard InChI is InChI=1S/C14H15N3O2S/c1-4-6-17(7-5-2)12-10-9(3)11(14(18)19)20-13(10)16-8-15-12/h4-5,8H,1-2,6-7H2,3H3,(H,18,19). The molecule has 0 spiro atoms. The fourth-order valence-corrected chi connectivity index (χ4v) is 3.04. The first-order chi connectivity index (χ1) is 9.60. The maximum absolute atomic E-state index is 11.2. The molecule has 104 valence electrons. The summed E-state index contributed by atoms with van der Waals surface area (Å²) < 4.78 is 0. The van der Waals surface area contributed by atoms with Crippen molar-refractivity contribution >= 4 is 33.3 Å². The van der Waals surface area contributed by atoms with Crippen LogP contribution in [-0.4, -0.2) is 34.1 Å². The third-order valence-electron chi connectivity index (χ3n) is 2.90. The highest BCUT2D eigenvalue weighted by Gasteiger charge is 2.20. The number of carboxylic acids is 1. The number of anilines is 1. The molecule has 2 aromatic rings. The Morgan fingerprint density at radius 3 is 2.60 bits per heavy atom. The van der Waals surface area contributed by atoms with Crippen molar-refractivity contribution in [3.05, 3.63) is 42.1 Å². The molecule has 0 unspecified atom stereocenters. The van der Waals surface area contributed by atoms with Crippen LogP contribution in [0.3, 0.4) is 0 Å².